The quantitative estimate of drug-likeness (QED) is 0.669. The highest BCUT2D eigenvalue weighted by atomic mass is 16.6. The lowest BCUT2D eigenvalue weighted by Gasteiger charge is -2.33. The summed E-state index contributed by atoms with van der Waals surface area (Å²) in [6.45, 7) is 18.1. The zero-order chi connectivity index (χ0) is 14.7. The number of ether oxygens (including phenoxy) is 1. The second-order valence-electron chi connectivity index (χ2n) is 6.93. The average molecular weight is 247 g/mol. The fraction of sp³-hybridized carbons (Fsp3) is 1.00. The monoisotopic (exact) mass is 247 g/mol. The molecule has 1 aliphatic heterocycles. The van der Waals surface area contributed by atoms with Crippen molar-refractivity contribution in [3.05, 3.63) is 0 Å². The van der Waals surface area contributed by atoms with Gasteiger partial charge >= 0.3 is 0 Å². The molecule has 1 aliphatic rings. The van der Waals surface area contributed by atoms with Gasteiger partial charge in [-0.1, -0.05) is 20.8 Å². The molecule has 17 heavy (non-hydrogen) atoms. The Labute approximate surface area is 107 Å². The second-order valence-corrected chi connectivity index (χ2v) is 6.93. The molecule has 3 heteroatoms. The van der Waals surface area contributed by atoms with E-state index in [1.54, 1.807) is 0 Å². The topological polar surface area (TPSA) is 55.8 Å². The number of rotatable bonds is 0. The molecular weight excluding hydrogens is 216 g/mol. The highest BCUT2D eigenvalue weighted by Gasteiger charge is 2.55. The van der Waals surface area contributed by atoms with Crippen LogP contribution in [0.1, 0.15) is 62.3 Å². The van der Waals surface area contributed by atoms with Crippen LogP contribution in [0.5, 0.6) is 0 Å². The minimum Gasteiger partial charge on any atom is -0.857 e. The van der Waals surface area contributed by atoms with Crippen molar-refractivity contribution in [2.75, 3.05) is 7.11 Å². The number of hydrogen-bond acceptors (Lipinski definition) is 3. The molecule has 106 valence electrons. The van der Waals surface area contributed by atoms with Gasteiger partial charge in [0, 0.05) is 0 Å². The van der Waals surface area contributed by atoms with Crippen molar-refractivity contribution in [1.29, 1.82) is 0 Å². The smallest absolute Gasteiger partial charge is 0.0918 e. The minimum absolute atomic E-state index is 0.00694. The van der Waals surface area contributed by atoms with Gasteiger partial charge in [-0.25, -0.2) is 0 Å². The Kier molecular flexibility index (Phi) is 6.42. The molecule has 1 N–H and O–H groups in total. The Hall–Kier alpha value is -0.120. The Morgan fingerprint density at radius 2 is 0.941 bits per heavy atom. The van der Waals surface area contributed by atoms with Crippen molar-refractivity contribution in [2.45, 2.75) is 79.1 Å². The van der Waals surface area contributed by atoms with Crippen LogP contribution in [0.3, 0.4) is 0 Å². The molecule has 0 aromatic carbocycles. The molecule has 0 aromatic heterocycles. The van der Waals surface area contributed by atoms with E-state index in [4.69, 9.17) is 9.84 Å². The molecule has 3 nitrogen and oxygen atoms in total. The van der Waals surface area contributed by atoms with E-state index in [1.807, 2.05) is 34.6 Å². The largest absolute Gasteiger partial charge is 0.857 e. The van der Waals surface area contributed by atoms with Gasteiger partial charge in [-0.05, 0) is 47.0 Å². The van der Waals surface area contributed by atoms with Gasteiger partial charge in [0.1, 0.15) is 0 Å². The summed E-state index contributed by atoms with van der Waals surface area (Å²) in [5.74, 6) is 0. The second kappa shape index (κ2) is 5.68. The van der Waals surface area contributed by atoms with E-state index in [0.29, 0.717) is 0 Å². The van der Waals surface area contributed by atoms with Gasteiger partial charge in [0.05, 0.1) is 16.8 Å². The lowest BCUT2D eigenvalue weighted by molar-refractivity contribution is -0.325. The van der Waals surface area contributed by atoms with E-state index in [9.17, 15) is 5.11 Å². The summed E-state index contributed by atoms with van der Waals surface area (Å²) in [5.41, 5.74) is -0.278. The van der Waals surface area contributed by atoms with E-state index in [0.717, 1.165) is 7.11 Å². The predicted octanol–water partition coefficient (Wildman–Crippen LogP) is 2.35. The molecule has 0 aliphatic carbocycles. The molecule has 0 spiro atoms. The van der Waals surface area contributed by atoms with E-state index in [-0.39, 0.29) is 16.6 Å². The van der Waals surface area contributed by atoms with Gasteiger partial charge in [-0.2, -0.15) is 7.11 Å². The third-order valence-corrected chi connectivity index (χ3v) is 3.75. The fourth-order valence-electron chi connectivity index (χ4n) is 0.612. The van der Waals surface area contributed by atoms with Gasteiger partial charge in [0.2, 0.25) is 0 Å². The van der Waals surface area contributed by atoms with Gasteiger partial charge in [0.15, 0.2) is 0 Å². The third-order valence-electron chi connectivity index (χ3n) is 3.75. The van der Waals surface area contributed by atoms with Crippen molar-refractivity contribution in [3.8, 4) is 0 Å². The molecule has 0 saturated carbocycles. The van der Waals surface area contributed by atoms with Crippen LogP contribution in [0.4, 0.5) is 0 Å². The standard InChI is InChI=1S/C7H16O.C6H12O.CH3O/c1-6(2,3)7(4,5)8;1-5(2)6(3,4)7-5;1-2/h8H,1-5H3;1-4H3;1H3/q;;-1. The Balaban J connectivity index is 0. The first kappa shape index (κ1) is 19.2. The summed E-state index contributed by atoms with van der Waals surface area (Å²) in [7, 11) is 0.750. The van der Waals surface area contributed by atoms with Crippen molar-refractivity contribution in [3.63, 3.8) is 0 Å². The molecule has 0 atom stereocenters. The molecular formula is C14H31O3-. The van der Waals surface area contributed by atoms with Crippen LogP contribution in [-0.2, 0) is 4.74 Å². The summed E-state index contributed by atoms with van der Waals surface area (Å²) in [5, 5.41) is 17.6. The predicted molar refractivity (Wildman–Crippen MR) is 70.9 cm³/mol. The lowest BCUT2D eigenvalue weighted by Crippen LogP contribution is -2.35. The first-order valence-corrected chi connectivity index (χ1v) is 6.04. The van der Waals surface area contributed by atoms with Crippen LogP contribution < -0.4 is 5.11 Å². The molecule has 1 fully saturated rings. The molecule has 1 rings (SSSR count). The number of epoxide rings is 1. The van der Waals surface area contributed by atoms with Crippen molar-refractivity contribution in [2.24, 2.45) is 5.41 Å². The number of hydrogen-bond donors (Lipinski definition) is 1. The summed E-state index contributed by atoms with van der Waals surface area (Å²) >= 11 is 0. The van der Waals surface area contributed by atoms with E-state index in [1.165, 1.54) is 0 Å². The highest BCUT2D eigenvalue weighted by Crippen LogP contribution is 2.46. The maximum atomic E-state index is 9.35. The van der Waals surface area contributed by atoms with Crippen LogP contribution in [0.15, 0.2) is 0 Å². The van der Waals surface area contributed by atoms with Crippen LogP contribution in [0, 0.1) is 5.41 Å². The first-order valence-electron chi connectivity index (χ1n) is 6.04. The molecule has 0 aromatic rings. The summed E-state index contributed by atoms with van der Waals surface area (Å²) < 4.78 is 5.29. The maximum Gasteiger partial charge on any atom is 0.0918 e. The fourth-order valence-corrected chi connectivity index (χ4v) is 0.612. The SMILES string of the molecule is CC(C)(C)C(C)(C)O.CC1(C)OC1(C)C.C[O-]. The first-order chi connectivity index (χ1) is 7.21. The highest BCUT2D eigenvalue weighted by molar-refractivity contribution is 5.03. The Bertz CT molecular complexity index is 193. The summed E-state index contributed by atoms with van der Waals surface area (Å²) in [6, 6.07) is 0. The molecule has 0 bridgehead atoms. The Morgan fingerprint density at radius 3 is 0.941 bits per heavy atom. The van der Waals surface area contributed by atoms with Crippen LogP contribution in [0.2, 0.25) is 0 Å². The molecule has 0 unspecified atom stereocenters. The van der Waals surface area contributed by atoms with Crippen molar-refractivity contribution < 1.29 is 14.9 Å². The third kappa shape index (κ3) is 6.39. The van der Waals surface area contributed by atoms with E-state index >= 15 is 0 Å². The Morgan fingerprint density at radius 1 is 0.824 bits per heavy atom. The normalized spacial score (nSPS) is 20.5. The van der Waals surface area contributed by atoms with Crippen LogP contribution >= 0.6 is 0 Å². The number of aliphatic hydroxyl groups is 1. The van der Waals surface area contributed by atoms with Gasteiger partial charge < -0.3 is 14.9 Å². The molecule has 1 saturated heterocycles. The average Bonchev–Trinajstić information content (AvgIpc) is 2.48. The lowest BCUT2D eigenvalue weighted by atomic mass is 9.79. The van der Waals surface area contributed by atoms with Gasteiger partial charge in [0.25, 0.3) is 0 Å². The van der Waals surface area contributed by atoms with Crippen molar-refractivity contribution >= 4 is 0 Å². The minimum atomic E-state index is -0.562. The maximum absolute atomic E-state index is 9.35. The van der Waals surface area contributed by atoms with E-state index in [2.05, 4.69) is 27.7 Å². The van der Waals surface area contributed by atoms with Crippen LogP contribution in [-0.4, -0.2) is 29.0 Å². The summed E-state index contributed by atoms with van der Waals surface area (Å²) in [4.78, 5) is 0. The summed E-state index contributed by atoms with van der Waals surface area (Å²) in [6.07, 6.45) is 0. The van der Waals surface area contributed by atoms with E-state index < -0.39 is 5.60 Å². The van der Waals surface area contributed by atoms with Crippen LogP contribution in [0.25, 0.3) is 0 Å². The van der Waals surface area contributed by atoms with Gasteiger partial charge in [-0.3, -0.25) is 0 Å². The molecule has 1 heterocycles. The molecule has 0 radical (unpaired) electrons. The van der Waals surface area contributed by atoms with Crippen molar-refractivity contribution in [1.82, 2.24) is 0 Å². The van der Waals surface area contributed by atoms with Gasteiger partial charge in [-0.15, -0.1) is 0 Å². The zero-order valence-electron chi connectivity index (χ0n) is 13.3. The molecule has 0 amide bonds. The zero-order valence-corrected chi connectivity index (χ0v) is 13.3.